The lowest BCUT2D eigenvalue weighted by atomic mass is 9.73. The molecule has 7 rings (SSSR count). The molecule has 0 saturated carbocycles. The Bertz CT molecular complexity index is 1940. The van der Waals surface area contributed by atoms with Crippen LogP contribution in [0.3, 0.4) is 0 Å². The maximum Gasteiger partial charge on any atom is 0.242 e. The number of carbonyl (C=O) groups excluding carboxylic acids is 2. The van der Waals surface area contributed by atoms with Gasteiger partial charge in [-0.15, -0.1) is 0 Å². The maximum atomic E-state index is 14.5. The summed E-state index contributed by atoms with van der Waals surface area (Å²) in [6, 6.07) is 25.4. The molecule has 0 aromatic heterocycles. The van der Waals surface area contributed by atoms with Gasteiger partial charge in [-0.1, -0.05) is 62.4 Å². The largest absolute Gasteiger partial charge is 0.493 e. The van der Waals surface area contributed by atoms with Gasteiger partial charge in [-0.3, -0.25) is 14.5 Å². The Kier molecular flexibility index (Phi) is 9.76. The van der Waals surface area contributed by atoms with Crippen LogP contribution in [0.25, 0.3) is 0 Å². The van der Waals surface area contributed by atoms with Crippen molar-refractivity contribution in [2.24, 2.45) is 5.41 Å². The molecule has 0 radical (unpaired) electrons. The van der Waals surface area contributed by atoms with Gasteiger partial charge in [0.2, 0.25) is 5.91 Å². The number of allylic oxidation sites excluding steroid dienone is 1. The topological polar surface area (TPSA) is 74.4 Å². The number of Topliss-reactive ketones (excluding diaryl/α,β-unsaturated/α-hetero) is 1. The number of para-hydroxylation sites is 3. The predicted octanol–water partition coefficient (Wildman–Crippen LogP) is 7.53. The quantitative estimate of drug-likeness (QED) is 0.203. The fourth-order valence-electron chi connectivity index (χ4n) is 8.06. The molecule has 1 amide bonds. The monoisotopic (exact) mass is 706 g/mol. The Labute approximate surface area is 303 Å². The maximum absolute atomic E-state index is 14.5. The lowest BCUT2D eigenvalue weighted by Gasteiger charge is -2.42. The van der Waals surface area contributed by atoms with Gasteiger partial charge in [-0.2, -0.15) is 0 Å². The minimum absolute atomic E-state index is 0.0104. The molecule has 270 valence electrons. The molecule has 2 aliphatic heterocycles. The zero-order valence-corrected chi connectivity index (χ0v) is 30.0. The zero-order valence-electron chi connectivity index (χ0n) is 30.0. The third-order valence-corrected chi connectivity index (χ3v) is 10.4. The van der Waals surface area contributed by atoms with Gasteiger partial charge in [0.15, 0.2) is 17.3 Å². The minimum atomic E-state index is -0.633. The number of nitrogens with one attached hydrogen (secondary N) is 1. The SMILES string of the molecule is COc1cccc(C2C3=C(CC(C)(C)CC3=O)Nc3ccccc3N2CC(=O)N2CCN(C(c3ccc(F)cc3)c3ccc(F)cc3)CC2)c1OC. The molecule has 0 spiro atoms. The van der Waals surface area contributed by atoms with Crippen LogP contribution in [0.2, 0.25) is 0 Å². The van der Waals surface area contributed by atoms with Gasteiger partial charge in [0, 0.05) is 49.4 Å². The van der Waals surface area contributed by atoms with E-state index in [9.17, 15) is 18.4 Å². The number of halogens is 2. The van der Waals surface area contributed by atoms with Gasteiger partial charge >= 0.3 is 0 Å². The lowest BCUT2D eigenvalue weighted by Crippen LogP contribution is -2.52. The van der Waals surface area contributed by atoms with Crippen LogP contribution in [0.15, 0.2) is 102 Å². The Balaban J connectivity index is 1.22. The van der Waals surface area contributed by atoms with Crippen LogP contribution >= 0.6 is 0 Å². The Hall–Kier alpha value is -5.22. The summed E-state index contributed by atoms with van der Waals surface area (Å²) in [5.41, 5.74) is 5.37. The highest BCUT2D eigenvalue weighted by molar-refractivity contribution is 6.02. The number of nitrogens with zero attached hydrogens (tertiary/aromatic N) is 3. The van der Waals surface area contributed by atoms with Crippen LogP contribution in [0.5, 0.6) is 11.5 Å². The number of benzene rings is 4. The van der Waals surface area contributed by atoms with E-state index >= 15 is 0 Å². The van der Waals surface area contributed by atoms with Gasteiger partial charge < -0.3 is 24.6 Å². The fraction of sp³-hybridized carbons (Fsp3) is 0.333. The van der Waals surface area contributed by atoms with Crippen LogP contribution in [0.1, 0.15) is 55.5 Å². The molecule has 1 unspecified atom stereocenters. The first-order valence-electron chi connectivity index (χ1n) is 17.7. The summed E-state index contributed by atoms with van der Waals surface area (Å²) in [6.45, 7) is 6.24. The van der Waals surface area contributed by atoms with E-state index in [0.29, 0.717) is 56.1 Å². The Morgan fingerprint density at radius 1 is 0.827 bits per heavy atom. The van der Waals surface area contributed by atoms with Crippen molar-refractivity contribution in [3.63, 3.8) is 0 Å². The highest BCUT2D eigenvalue weighted by Crippen LogP contribution is 2.51. The van der Waals surface area contributed by atoms with Crippen LogP contribution in [0.4, 0.5) is 20.2 Å². The van der Waals surface area contributed by atoms with Crippen molar-refractivity contribution in [2.45, 2.75) is 38.8 Å². The van der Waals surface area contributed by atoms with Gasteiger partial charge in [0.05, 0.1) is 44.2 Å². The molecule has 10 heteroatoms. The van der Waals surface area contributed by atoms with E-state index in [2.05, 4.69) is 24.1 Å². The van der Waals surface area contributed by atoms with Crippen LogP contribution in [-0.4, -0.2) is 68.4 Å². The first-order chi connectivity index (χ1) is 25.1. The summed E-state index contributed by atoms with van der Waals surface area (Å²) in [7, 11) is 3.17. The molecule has 1 fully saturated rings. The molecule has 1 saturated heterocycles. The molecule has 4 aromatic carbocycles. The van der Waals surface area contributed by atoms with Gasteiger partial charge in [-0.25, -0.2) is 8.78 Å². The number of methoxy groups -OCH3 is 2. The van der Waals surface area contributed by atoms with E-state index in [-0.39, 0.29) is 41.3 Å². The molecule has 0 bridgehead atoms. The molecule has 4 aromatic rings. The van der Waals surface area contributed by atoms with E-state index in [1.165, 1.54) is 24.3 Å². The van der Waals surface area contributed by atoms with Crippen LogP contribution in [0, 0.1) is 17.0 Å². The molecule has 1 aliphatic carbocycles. The summed E-state index contributed by atoms with van der Waals surface area (Å²) in [6.07, 6.45) is 1.04. The fourth-order valence-corrected chi connectivity index (χ4v) is 8.06. The second kappa shape index (κ2) is 14.4. The molecular weight excluding hydrogens is 662 g/mol. The number of ketones is 1. The van der Waals surface area contributed by atoms with Gasteiger partial charge in [0.1, 0.15) is 11.6 Å². The zero-order chi connectivity index (χ0) is 36.6. The predicted molar refractivity (Wildman–Crippen MR) is 198 cm³/mol. The highest BCUT2D eigenvalue weighted by Gasteiger charge is 2.43. The van der Waals surface area contributed by atoms with Crippen molar-refractivity contribution in [1.82, 2.24) is 9.80 Å². The van der Waals surface area contributed by atoms with Gasteiger partial charge in [0.25, 0.3) is 0 Å². The second-order valence-electron chi connectivity index (χ2n) is 14.5. The minimum Gasteiger partial charge on any atom is -0.493 e. The number of ether oxygens (including phenoxy) is 2. The molecule has 8 nitrogen and oxygen atoms in total. The second-order valence-corrected chi connectivity index (χ2v) is 14.5. The van der Waals surface area contributed by atoms with E-state index in [1.807, 2.05) is 52.3 Å². The Morgan fingerprint density at radius 3 is 2.08 bits per heavy atom. The lowest BCUT2D eigenvalue weighted by molar-refractivity contribution is -0.131. The average Bonchev–Trinajstić information content (AvgIpc) is 3.26. The van der Waals surface area contributed by atoms with Crippen molar-refractivity contribution >= 4 is 23.1 Å². The molecular formula is C42H44F2N4O4. The van der Waals surface area contributed by atoms with Crippen molar-refractivity contribution in [1.29, 1.82) is 0 Å². The highest BCUT2D eigenvalue weighted by atomic mass is 19.1. The first kappa shape index (κ1) is 35.2. The van der Waals surface area contributed by atoms with Crippen LogP contribution < -0.4 is 19.7 Å². The van der Waals surface area contributed by atoms with E-state index < -0.39 is 6.04 Å². The van der Waals surface area contributed by atoms with Crippen molar-refractivity contribution in [3.8, 4) is 11.5 Å². The van der Waals surface area contributed by atoms with E-state index in [4.69, 9.17) is 9.47 Å². The number of piperazine rings is 1. The third-order valence-electron chi connectivity index (χ3n) is 10.4. The molecule has 2 heterocycles. The van der Waals surface area contributed by atoms with E-state index in [1.54, 1.807) is 38.5 Å². The van der Waals surface area contributed by atoms with Crippen molar-refractivity contribution in [3.05, 3.63) is 131 Å². The summed E-state index contributed by atoms with van der Waals surface area (Å²) >= 11 is 0. The number of hydrogen-bond acceptors (Lipinski definition) is 7. The molecule has 52 heavy (non-hydrogen) atoms. The van der Waals surface area contributed by atoms with Crippen molar-refractivity contribution in [2.75, 3.05) is 57.2 Å². The first-order valence-corrected chi connectivity index (χ1v) is 17.7. The Morgan fingerprint density at radius 2 is 1.46 bits per heavy atom. The van der Waals surface area contributed by atoms with Gasteiger partial charge in [-0.05, 0) is 65.4 Å². The smallest absolute Gasteiger partial charge is 0.242 e. The molecule has 1 N–H and O–H groups in total. The number of carbonyl (C=O) groups is 2. The standard InChI is InChI=1S/C42H44F2N4O4/c1-42(2)24-33-38(35(49)25-42)40(31-8-7-11-36(51-3)41(31)52-4)48(34-10-6-5-9-32(34)45-33)26-37(50)46-20-22-47(23-21-46)39(27-12-16-29(43)17-13-27)28-14-18-30(44)19-15-28/h5-19,39-40,45H,20-26H2,1-4H3. The van der Waals surface area contributed by atoms with E-state index in [0.717, 1.165) is 33.8 Å². The summed E-state index contributed by atoms with van der Waals surface area (Å²) in [5.74, 6) is 0.352. The summed E-state index contributed by atoms with van der Waals surface area (Å²) in [5, 5.41) is 3.62. The number of fused-ring (bicyclic) bond motifs is 1. The summed E-state index contributed by atoms with van der Waals surface area (Å²) < 4.78 is 39.5. The summed E-state index contributed by atoms with van der Waals surface area (Å²) in [4.78, 5) is 34.9. The molecule has 1 atom stereocenters. The number of anilines is 2. The average molecular weight is 707 g/mol. The molecule has 3 aliphatic rings. The normalized spacial score (nSPS) is 18.8. The van der Waals surface area contributed by atoms with Crippen LogP contribution in [-0.2, 0) is 9.59 Å². The van der Waals surface area contributed by atoms with Crippen molar-refractivity contribution < 1.29 is 27.8 Å². The third kappa shape index (κ3) is 6.87. The number of rotatable bonds is 8. The number of amides is 1. The number of hydrogen-bond donors (Lipinski definition) is 1.